The number of fused-ring (bicyclic) bond motifs is 3. The fourth-order valence-corrected chi connectivity index (χ4v) is 8.06. The van der Waals surface area contributed by atoms with Crippen LogP contribution in [0.15, 0.2) is 91.5 Å². The number of anilines is 3. The number of nitrogens with one attached hydrogen (secondary N) is 3. The molecule has 304 valence electrons. The number of hydrogen-bond acceptors (Lipinski definition) is 8. The molecule has 0 bridgehead atoms. The Morgan fingerprint density at radius 3 is 1.50 bits per heavy atom. The average molecular weight is 799 g/mol. The number of carbonyl (C=O) groups excluding carboxylic acids is 3. The monoisotopic (exact) mass is 798 g/mol. The number of rotatable bonds is 4. The zero-order chi connectivity index (χ0) is 42.7. The van der Waals surface area contributed by atoms with Crippen LogP contribution < -0.4 is 16.0 Å². The molecule has 3 aromatic heterocycles. The van der Waals surface area contributed by atoms with Gasteiger partial charge in [0.15, 0.2) is 0 Å². The van der Waals surface area contributed by atoms with Gasteiger partial charge in [-0.05, 0) is 139 Å². The van der Waals surface area contributed by atoms with Crippen molar-refractivity contribution >= 4 is 34.8 Å². The summed E-state index contributed by atoms with van der Waals surface area (Å²) < 4.78 is 0. The van der Waals surface area contributed by atoms with Crippen LogP contribution in [0.4, 0.5) is 17.1 Å². The molecule has 0 spiro atoms. The van der Waals surface area contributed by atoms with Crippen LogP contribution in [0.2, 0.25) is 0 Å². The largest absolute Gasteiger partial charge is 0.325 e. The van der Waals surface area contributed by atoms with Crippen LogP contribution in [-0.4, -0.2) is 42.6 Å². The molecule has 1 saturated carbocycles. The van der Waals surface area contributed by atoms with Crippen LogP contribution in [0.3, 0.4) is 0 Å². The van der Waals surface area contributed by atoms with Crippen molar-refractivity contribution in [1.82, 2.24) is 24.9 Å². The van der Waals surface area contributed by atoms with E-state index in [1.54, 1.807) is 6.20 Å². The SMILES string of the molecule is CC1(C)C(=O)Nc2cc(-c3cnc(C4CC4)nc3)ccc21.Cc1ccnc(C)c1-c1ccc2c(c1)NC(=O)C2(C)C.Cc1nccc(-c2ccc3c(c2)NC(=O)C3(C)C)n1. The summed E-state index contributed by atoms with van der Waals surface area (Å²) in [6.45, 7) is 17.6. The highest BCUT2D eigenvalue weighted by Crippen LogP contribution is 2.43. The highest BCUT2D eigenvalue weighted by molar-refractivity contribution is 6.07. The van der Waals surface area contributed by atoms with Crippen LogP contribution in [0.5, 0.6) is 0 Å². The third kappa shape index (κ3) is 7.33. The van der Waals surface area contributed by atoms with Crippen molar-refractivity contribution in [3.63, 3.8) is 0 Å². The Bertz CT molecular complexity index is 2690. The Morgan fingerprint density at radius 2 is 1.00 bits per heavy atom. The Morgan fingerprint density at radius 1 is 0.533 bits per heavy atom. The molecule has 3 aromatic carbocycles. The lowest BCUT2D eigenvalue weighted by atomic mass is 9.85. The maximum atomic E-state index is 12.0. The van der Waals surface area contributed by atoms with E-state index in [2.05, 4.69) is 66.0 Å². The van der Waals surface area contributed by atoms with Gasteiger partial charge in [-0.1, -0.05) is 36.4 Å². The Hall–Kier alpha value is -6.62. The van der Waals surface area contributed by atoms with Crippen LogP contribution in [0, 0.1) is 20.8 Å². The second-order valence-corrected chi connectivity index (χ2v) is 17.7. The molecule has 11 nitrogen and oxygen atoms in total. The number of benzene rings is 3. The van der Waals surface area contributed by atoms with E-state index >= 15 is 0 Å². The van der Waals surface area contributed by atoms with Crippen molar-refractivity contribution in [2.45, 2.75) is 97.3 Å². The molecular formula is C49H50N8O3. The van der Waals surface area contributed by atoms with Crippen molar-refractivity contribution in [2.75, 3.05) is 16.0 Å². The van der Waals surface area contributed by atoms with Gasteiger partial charge in [0.05, 0.1) is 21.9 Å². The first-order chi connectivity index (χ1) is 28.4. The first kappa shape index (κ1) is 40.2. The molecule has 3 aliphatic heterocycles. The average Bonchev–Trinajstić information content (AvgIpc) is 3.96. The molecule has 6 aromatic rings. The van der Waals surface area contributed by atoms with Gasteiger partial charge in [0, 0.05) is 70.2 Å². The van der Waals surface area contributed by atoms with E-state index in [0.29, 0.717) is 5.92 Å². The van der Waals surface area contributed by atoms with E-state index in [0.717, 1.165) is 84.6 Å². The molecule has 11 heteroatoms. The first-order valence-corrected chi connectivity index (χ1v) is 20.4. The minimum absolute atomic E-state index is 0.0403. The van der Waals surface area contributed by atoms with Crippen molar-refractivity contribution < 1.29 is 14.4 Å². The number of nitrogens with zero attached hydrogens (tertiary/aromatic N) is 5. The first-order valence-electron chi connectivity index (χ1n) is 20.4. The normalized spacial score (nSPS) is 17.1. The summed E-state index contributed by atoms with van der Waals surface area (Å²) in [4.78, 5) is 57.7. The van der Waals surface area contributed by atoms with Crippen LogP contribution >= 0.6 is 0 Å². The van der Waals surface area contributed by atoms with Gasteiger partial charge >= 0.3 is 0 Å². The highest BCUT2D eigenvalue weighted by Gasteiger charge is 2.40. The smallest absolute Gasteiger partial charge is 0.234 e. The Balaban J connectivity index is 0.000000125. The molecule has 60 heavy (non-hydrogen) atoms. The molecule has 1 aliphatic carbocycles. The standard InChI is InChI=1S/C17H17N3O.C17H18N2O.C15H15N3O/c1-17(2)13-6-5-11(7-14(13)20-16(17)21)12-8-18-15(19-9-12)10-3-4-10;1-10-7-8-18-11(2)15(10)12-5-6-13-14(9-12)19-16(20)17(13,3)4;1-9-16-7-6-12(17-9)10-4-5-11-13(8-10)18-14(19)15(11,2)3/h5-10H,3-4H2,1-2H3,(H,20,21);5-9H,1-4H3,(H,19,20);4-8H,1-3H3,(H,18,19). The van der Waals surface area contributed by atoms with Gasteiger partial charge in [-0.3, -0.25) is 19.4 Å². The van der Waals surface area contributed by atoms with Crippen LogP contribution in [-0.2, 0) is 30.6 Å². The quantitative estimate of drug-likeness (QED) is 0.160. The molecule has 3 amide bonds. The molecule has 3 N–H and O–H groups in total. The fourth-order valence-electron chi connectivity index (χ4n) is 8.06. The number of hydrogen-bond donors (Lipinski definition) is 3. The second-order valence-electron chi connectivity index (χ2n) is 17.7. The highest BCUT2D eigenvalue weighted by atomic mass is 16.2. The number of carbonyl (C=O) groups is 3. The Kier molecular flexibility index (Phi) is 9.97. The molecule has 0 saturated heterocycles. The molecule has 10 rings (SSSR count). The van der Waals surface area contributed by atoms with E-state index in [-0.39, 0.29) is 17.7 Å². The van der Waals surface area contributed by atoms with Crippen molar-refractivity contribution in [2.24, 2.45) is 0 Å². The van der Waals surface area contributed by atoms with Gasteiger partial charge < -0.3 is 16.0 Å². The summed E-state index contributed by atoms with van der Waals surface area (Å²) in [6, 6.07) is 22.1. The van der Waals surface area contributed by atoms with Gasteiger partial charge in [-0.2, -0.15) is 0 Å². The predicted octanol–water partition coefficient (Wildman–Crippen LogP) is 9.53. The second kappa shape index (κ2) is 14.9. The van der Waals surface area contributed by atoms with E-state index in [4.69, 9.17) is 0 Å². The summed E-state index contributed by atoms with van der Waals surface area (Å²) in [7, 11) is 0. The van der Waals surface area contributed by atoms with Crippen molar-refractivity contribution in [1.29, 1.82) is 0 Å². The summed E-state index contributed by atoms with van der Waals surface area (Å²) >= 11 is 0. The predicted molar refractivity (Wildman–Crippen MR) is 236 cm³/mol. The topological polar surface area (TPSA) is 152 Å². The van der Waals surface area contributed by atoms with Gasteiger partial charge in [0.25, 0.3) is 0 Å². The van der Waals surface area contributed by atoms with E-state index in [1.165, 1.54) is 18.4 Å². The summed E-state index contributed by atoms with van der Waals surface area (Å²) in [5.74, 6) is 2.41. The molecule has 0 unspecified atom stereocenters. The minimum atomic E-state index is -0.463. The third-order valence-electron chi connectivity index (χ3n) is 12.2. The summed E-state index contributed by atoms with van der Waals surface area (Å²) in [5.41, 5.74) is 12.8. The number of aryl methyl sites for hydroxylation is 3. The summed E-state index contributed by atoms with van der Waals surface area (Å²) in [5, 5.41) is 8.87. The molecule has 6 heterocycles. The zero-order valence-corrected chi connectivity index (χ0v) is 35.6. The van der Waals surface area contributed by atoms with E-state index in [9.17, 15) is 14.4 Å². The Labute approximate surface area is 351 Å². The number of aromatic nitrogens is 5. The fraction of sp³-hybridized carbons (Fsp3) is 0.306. The molecule has 4 aliphatic rings. The van der Waals surface area contributed by atoms with Gasteiger partial charge in [0.2, 0.25) is 17.7 Å². The number of amides is 3. The number of pyridine rings is 1. The molecule has 1 fully saturated rings. The van der Waals surface area contributed by atoms with Crippen molar-refractivity contribution in [3.8, 4) is 33.5 Å². The van der Waals surface area contributed by atoms with Gasteiger partial charge in [-0.15, -0.1) is 0 Å². The minimum Gasteiger partial charge on any atom is -0.325 e. The lowest BCUT2D eigenvalue weighted by Crippen LogP contribution is -2.26. The van der Waals surface area contributed by atoms with Gasteiger partial charge in [0.1, 0.15) is 11.6 Å². The zero-order valence-electron chi connectivity index (χ0n) is 35.6. The van der Waals surface area contributed by atoms with E-state index < -0.39 is 16.2 Å². The molecular weight excluding hydrogens is 749 g/mol. The van der Waals surface area contributed by atoms with E-state index in [1.807, 2.05) is 123 Å². The van der Waals surface area contributed by atoms with Crippen LogP contribution in [0.1, 0.15) is 99.9 Å². The van der Waals surface area contributed by atoms with Crippen molar-refractivity contribution in [3.05, 3.63) is 131 Å². The maximum absolute atomic E-state index is 12.0. The molecule has 0 atom stereocenters. The lowest BCUT2D eigenvalue weighted by Gasteiger charge is -2.15. The lowest BCUT2D eigenvalue weighted by molar-refractivity contribution is -0.120. The summed E-state index contributed by atoms with van der Waals surface area (Å²) in [6.07, 6.45) is 9.74. The third-order valence-corrected chi connectivity index (χ3v) is 12.2. The maximum Gasteiger partial charge on any atom is 0.234 e. The molecule has 0 radical (unpaired) electrons. The van der Waals surface area contributed by atoms with Gasteiger partial charge in [-0.25, -0.2) is 19.9 Å². The van der Waals surface area contributed by atoms with Crippen LogP contribution in [0.25, 0.3) is 33.5 Å².